The highest BCUT2D eigenvalue weighted by Crippen LogP contribution is 2.40. The predicted octanol–water partition coefficient (Wildman–Crippen LogP) is 3.05. The summed E-state index contributed by atoms with van der Waals surface area (Å²) in [5.74, 6) is -0.619. The SMILES string of the molecule is COC1(OC)C(C)=C(C)CC(C)=C1C. The van der Waals surface area contributed by atoms with Crippen molar-refractivity contribution >= 4 is 0 Å². The third kappa shape index (κ3) is 1.43. The van der Waals surface area contributed by atoms with Crippen molar-refractivity contribution in [3.63, 3.8) is 0 Å². The fourth-order valence-corrected chi connectivity index (χ4v) is 2.20. The minimum atomic E-state index is -0.619. The van der Waals surface area contributed by atoms with Gasteiger partial charge < -0.3 is 9.47 Å². The summed E-state index contributed by atoms with van der Waals surface area (Å²) in [7, 11) is 3.39. The first kappa shape index (κ1) is 11.5. The van der Waals surface area contributed by atoms with Crippen LogP contribution in [-0.2, 0) is 9.47 Å². The molecule has 0 aromatic rings. The molecule has 2 nitrogen and oxygen atoms in total. The monoisotopic (exact) mass is 196 g/mol. The van der Waals surface area contributed by atoms with Gasteiger partial charge >= 0.3 is 0 Å². The Kier molecular flexibility index (Phi) is 3.17. The van der Waals surface area contributed by atoms with Gasteiger partial charge in [0.1, 0.15) is 0 Å². The van der Waals surface area contributed by atoms with Crippen LogP contribution in [-0.4, -0.2) is 20.0 Å². The lowest BCUT2D eigenvalue weighted by molar-refractivity contribution is -0.152. The average Bonchev–Trinajstić information content (AvgIpc) is 2.18. The van der Waals surface area contributed by atoms with Crippen molar-refractivity contribution in [2.24, 2.45) is 0 Å². The highest BCUT2D eigenvalue weighted by atomic mass is 16.7. The molecular weight excluding hydrogens is 176 g/mol. The molecule has 0 aromatic heterocycles. The summed E-state index contributed by atoms with van der Waals surface area (Å²) >= 11 is 0. The van der Waals surface area contributed by atoms with E-state index in [0.29, 0.717) is 0 Å². The maximum Gasteiger partial charge on any atom is 0.213 e. The minimum Gasteiger partial charge on any atom is -0.346 e. The van der Waals surface area contributed by atoms with Crippen molar-refractivity contribution in [1.29, 1.82) is 0 Å². The van der Waals surface area contributed by atoms with Crippen LogP contribution in [0, 0.1) is 0 Å². The van der Waals surface area contributed by atoms with E-state index in [1.54, 1.807) is 14.2 Å². The Balaban J connectivity index is 3.28. The zero-order valence-corrected chi connectivity index (χ0v) is 10.0. The quantitative estimate of drug-likeness (QED) is 0.499. The zero-order chi connectivity index (χ0) is 10.9. The molecule has 0 fully saturated rings. The molecule has 2 heteroatoms. The lowest BCUT2D eigenvalue weighted by atomic mass is 9.83. The molecule has 0 aliphatic heterocycles. The standard InChI is InChI=1S/C12H20O2/c1-8-7-9(2)11(4)12(13-5,14-6)10(8)3/h7H2,1-6H3. The Morgan fingerprint density at radius 3 is 1.50 bits per heavy atom. The lowest BCUT2D eigenvalue weighted by Gasteiger charge is -2.38. The molecule has 1 rings (SSSR count). The van der Waals surface area contributed by atoms with Gasteiger partial charge in [0.25, 0.3) is 0 Å². The lowest BCUT2D eigenvalue weighted by Crippen LogP contribution is -2.39. The first-order valence-electron chi connectivity index (χ1n) is 4.93. The van der Waals surface area contributed by atoms with E-state index in [4.69, 9.17) is 9.47 Å². The van der Waals surface area contributed by atoms with E-state index < -0.39 is 5.79 Å². The Hall–Kier alpha value is -0.600. The van der Waals surface area contributed by atoms with Gasteiger partial charge in [0.05, 0.1) is 0 Å². The second kappa shape index (κ2) is 3.87. The molecule has 14 heavy (non-hydrogen) atoms. The van der Waals surface area contributed by atoms with Crippen LogP contribution in [0.15, 0.2) is 22.3 Å². The van der Waals surface area contributed by atoms with Crippen LogP contribution in [0.5, 0.6) is 0 Å². The molecule has 0 bridgehead atoms. The molecule has 0 aromatic carbocycles. The van der Waals surface area contributed by atoms with Crippen LogP contribution >= 0.6 is 0 Å². The van der Waals surface area contributed by atoms with E-state index in [1.165, 1.54) is 22.3 Å². The Bertz CT molecular complexity index is 267. The fourth-order valence-electron chi connectivity index (χ4n) is 2.20. The average molecular weight is 196 g/mol. The third-order valence-electron chi connectivity index (χ3n) is 3.37. The van der Waals surface area contributed by atoms with Crippen molar-refractivity contribution in [1.82, 2.24) is 0 Å². The van der Waals surface area contributed by atoms with Crippen LogP contribution in [0.25, 0.3) is 0 Å². The maximum absolute atomic E-state index is 5.56. The molecule has 0 N–H and O–H groups in total. The van der Waals surface area contributed by atoms with Gasteiger partial charge in [-0.1, -0.05) is 11.1 Å². The minimum absolute atomic E-state index is 0.619. The first-order chi connectivity index (χ1) is 6.49. The molecule has 80 valence electrons. The summed E-state index contributed by atoms with van der Waals surface area (Å²) in [6.07, 6.45) is 1.03. The predicted molar refractivity (Wildman–Crippen MR) is 58.1 cm³/mol. The summed E-state index contributed by atoms with van der Waals surface area (Å²) < 4.78 is 11.1. The number of methoxy groups -OCH3 is 2. The molecule has 0 heterocycles. The van der Waals surface area contributed by atoms with Gasteiger partial charge in [0, 0.05) is 14.2 Å². The van der Waals surface area contributed by atoms with Gasteiger partial charge in [-0.25, -0.2) is 0 Å². The Morgan fingerprint density at radius 1 is 0.857 bits per heavy atom. The molecule has 0 amide bonds. The summed E-state index contributed by atoms with van der Waals surface area (Å²) in [5, 5.41) is 0. The fraction of sp³-hybridized carbons (Fsp3) is 0.667. The van der Waals surface area contributed by atoms with Gasteiger partial charge in [0.15, 0.2) is 0 Å². The Labute approximate surface area is 86.6 Å². The first-order valence-corrected chi connectivity index (χ1v) is 4.93. The molecule has 0 atom stereocenters. The molecule has 1 aliphatic carbocycles. The number of rotatable bonds is 2. The van der Waals surface area contributed by atoms with Gasteiger partial charge in [-0.3, -0.25) is 0 Å². The zero-order valence-electron chi connectivity index (χ0n) is 10.0. The number of allylic oxidation sites excluding steroid dienone is 2. The van der Waals surface area contributed by atoms with Crippen LogP contribution in [0.2, 0.25) is 0 Å². The highest BCUT2D eigenvalue weighted by Gasteiger charge is 2.38. The van der Waals surface area contributed by atoms with Crippen LogP contribution in [0.1, 0.15) is 34.1 Å². The van der Waals surface area contributed by atoms with Gasteiger partial charge in [0.2, 0.25) is 5.79 Å². The molecule has 1 aliphatic rings. The van der Waals surface area contributed by atoms with Crippen molar-refractivity contribution in [3.8, 4) is 0 Å². The topological polar surface area (TPSA) is 18.5 Å². The van der Waals surface area contributed by atoms with Crippen molar-refractivity contribution < 1.29 is 9.47 Å². The van der Waals surface area contributed by atoms with Gasteiger partial charge in [-0.05, 0) is 45.3 Å². The van der Waals surface area contributed by atoms with E-state index in [2.05, 4.69) is 27.7 Å². The molecule has 0 spiro atoms. The second-order valence-electron chi connectivity index (χ2n) is 4.01. The maximum atomic E-state index is 5.56. The molecule has 0 saturated carbocycles. The smallest absolute Gasteiger partial charge is 0.213 e. The van der Waals surface area contributed by atoms with E-state index in [9.17, 15) is 0 Å². The highest BCUT2D eigenvalue weighted by molar-refractivity contribution is 5.40. The summed E-state index contributed by atoms with van der Waals surface area (Å²) in [5.41, 5.74) is 5.06. The van der Waals surface area contributed by atoms with Gasteiger partial charge in [-0.2, -0.15) is 0 Å². The molecule has 0 saturated heterocycles. The van der Waals surface area contributed by atoms with Crippen molar-refractivity contribution in [3.05, 3.63) is 22.3 Å². The molecular formula is C12H20O2. The van der Waals surface area contributed by atoms with Crippen molar-refractivity contribution in [2.75, 3.05) is 14.2 Å². The summed E-state index contributed by atoms with van der Waals surface area (Å²) in [4.78, 5) is 0. The van der Waals surface area contributed by atoms with E-state index >= 15 is 0 Å². The number of hydrogen-bond donors (Lipinski definition) is 0. The van der Waals surface area contributed by atoms with Crippen LogP contribution < -0.4 is 0 Å². The summed E-state index contributed by atoms with van der Waals surface area (Å²) in [6.45, 7) is 8.44. The molecule has 0 radical (unpaired) electrons. The van der Waals surface area contributed by atoms with Crippen molar-refractivity contribution in [2.45, 2.75) is 39.9 Å². The van der Waals surface area contributed by atoms with E-state index in [-0.39, 0.29) is 0 Å². The third-order valence-corrected chi connectivity index (χ3v) is 3.37. The Morgan fingerprint density at radius 2 is 1.21 bits per heavy atom. The molecule has 0 unspecified atom stereocenters. The van der Waals surface area contributed by atoms with Gasteiger partial charge in [-0.15, -0.1) is 0 Å². The second-order valence-corrected chi connectivity index (χ2v) is 4.01. The van der Waals surface area contributed by atoms with Crippen LogP contribution in [0.4, 0.5) is 0 Å². The number of hydrogen-bond acceptors (Lipinski definition) is 2. The normalized spacial score (nSPS) is 21.9. The largest absolute Gasteiger partial charge is 0.346 e. The number of ether oxygens (including phenoxy) is 2. The van der Waals surface area contributed by atoms with E-state index in [0.717, 1.165) is 6.42 Å². The van der Waals surface area contributed by atoms with E-state index in [1.807, 2.05) is 0 Å². The van der Waals surface area contributed by atoms with Crippen LogP contribution in [0.3, 0.4) is 0 Å². The summed E-state index contributed by atoms with van der Waals surface area (Å²) in [6, 6.07) is 0.